The first-order valence-electron chi connectivity index (χ1n) is 10.7. The maximum Gasteiger partial charge on any atom is 0.196 e. The Labute approximate surface area is 187 Å². The van der Waals surface area contributed by atoms with Gasteiger partial charge in [0.1, 0.15) is 5.75 Å². The Kier molecular flexibility index (Phi) is 7.04. The number of ether oxygens (including phenoxy) is 1. The second-order valence-electron chi connectivity index (χ2n) is 7.78. The monoisotopic (exact) mass is 436 g/mol. The third kappa shape index (κ3) is 5.17. The zero-order valence-corrected chi connectivity index (χ0v) is 18.9. The first-order chi connectivity index (χ1) is 15.2. The Morgan fingerprint density at radius 3 is 2.55 bits per heavy atom. The lowest BCUT2D eigenvalue weighted by molar-refractivity contribution is 0.101. The molecule has 0 saturated carbocycles. The van der Waals surface area contributed by atoms with Crippen molar-refractivity contribution in [1.82, 2.24) is 19.7 Å². The van der Waals surface area contributed by atoms with Crippen LogP contribution >= 0.6 is 11.8 Å². The Morgan fingerprint density at radius 1 is 1.06 bits per heavy atom. The third-order valence-corrected chi connectivity index (χ3v) is 6.55. The number of aromatic nitrogens is 3. The summed E-state index contributed by atoms with van der Waals surface area (Å²) in [5.74, 6) is 2.42. The lowest BCUT2D eigenvalue weighted by Gasteiger charge is -2.26. The van der Waals surface area contributed by atoms with E-state index in [1.54, 1.807) is 31.9 Å². The molecule has 3 aromatic rings. The predicted octanol–water partition coefficient (Wildman–Crippen LogP) is 4.76. The van der Waals surface area contributed by atoms with Crippen molar-refractivity contribution in [2.45, 2.75) is 43.6 Å². The van der Waals surface area contributed by atoms with E-state index in [1.807, 2.05) is 30.3 Å². The Bertz CT molecular complexity index is 1030. The standard InChI is InChI=1S/C24H28N4O2S/c1-18(29)19-11-12-22(30-2)20(15-19)17-31-24-26-25-23(16-27-13-7-4-8-14-27)28(24)21-9-5-3-6-10-21/h3,5-6,9-12,15H,4,7-8,13-14,16-17H2,1-2H3. The van der Waals surface area contributed by atoms with Gasteiger partial charge < -0.3 is 4.74 Å². The van der Waals surface area contributed by atoms with Crippen molar-refractivity contribution in [2.75, 3.05) is 20.2 Å². The van der Waals surface area contributed by atoms with Crippen LogP contribution < -0.4 is 4.74 Å². The van der Waals surface area contributed by atoms with E-state index in [0.29, 0.717) is 11.3 Å². The van der Waals surface area contributed by atoms with Gasteiger partial charge in [-0.3, -0.25) is 14.3 Å². The summed E-state index contributed by atoms with van der Waals surface area (Å²) in [5.41, 5.74) is 2.72. The molecule has 1 saturated heterocycles. The maximum absolute atomic E-state index is 11.8. The van der Waals surface area contributed by atoms with Gasteiger partial charge in [0.25, 0.3) is 0 Å². The number of likely N-dealkylation sites (tertiary alicyclic amines) is 1. The fourth-order valence-corrected chi connectivity index (χ4v) is 4.85. The number of hydrogen-bond acceptors (Lipinski definition) is 6. The van der Waals surface area contributed by atoms with Crippen molar-refractivity contribution >= 4 is 17.5 Å². The van der Waals surface area contributed by atoms with Crippen molar-refractivity contribution in [3.8, 4) is 11.4 Å². The fraction of sp³-hybridized carbons (Fsp3) is 0.375. The van der Waals surface area contributed by atoms with Crippen LogP contribution in [0.5, 0.6) is 5.75 Å². The summed E-state index contributed by atoms with van der Waals surface area (Å²) in [6.45, 7) is 4.60. The SMILES string of the molecule is COc1ccc(C(C)=O)cc1CSc1nnc(CN2CCCCC2)n1-c1ccccc1. The number of carbonyl (C=O) groups is 1. The van der Waals surface area contributed by atoms with Crippen LogP contribution in [0.2, 0.25) is 0 Å². The van der Waals surface area contributed by atoms with E-state index >= 15 is 0 Å². The Hall–Kier alpha value is -2.64. The number of rotatable bonds is 8. The summed E-state index contributed by atoms with van der Waals surface area (Å²) in [4.78, 5) is 14.3. The highest BCUT2D eigenvalue weighted by Gasteiger charge is 2.19. The molecule has 162 valence electrons. The van der Waals surface area contributed by atoms with Gasteiger partial charge in [0.15, 0.2) is 16.8 Å². The highest BCUT2D eigenvalue weighted by Crippen LogP contribution is 2.30. The smallest absolute Gasteiger partial charge is 0.196 e. The second-order valence-corrected chi connectivity index (χ2v) is 8.72. The number of methoxy groups -OCH3 is 1. The van der Waals surface area contributed by atoms with E-state index < -0.39 is 0 Å². The minimum atomic E-state index is 0.0465. The summed E-state index contributed by atoms with van der Waals surface area (Å²) >= 11 is 1.61. The molecule has 2 heterocycles. The molecule has 31 heavy (non-hydrogen) atoms. The molecular formula is C24H28N4O2S. The summed E-state index contributed by atoms with van der Waals surface area (Å²) in [7, 11) is 1.65. The first-order valence-corrected chi connectivity index (χ1v) is 11.7. The van der Waals surface area contributed by atoms with Crippen molar-refractivity contribution in [2.24, 2.45) is 0 Å². The molecule has 0 bridgehead atoms. The Morgan fingerprint density at radius 2 is 1.84 bits per heavy atom. The van der Waals surface area contributed by atoms with E-state index in [-0.39, 0.29) is 5.78 Å². The number of benzene rings is 2. The molecule has 6 nitrogen and oxygen atoms in total. The molecule has 0 unspecified atom stereocenters. The highest BCUT2D eigenvalue weighted by atomic mass is 32.2. The summed E-state index contributed by atoms with van der Waals surface area (Å²) < 4.78 is 7.67. The predicted molar refractivity (Wildman–Crippen MR) is 123 cm³/mol. The average molecular weight is 437 g/mol. The first kappa shape index (κ1) is 21.6. The molecule has 0 radical (unpaired) electrons. The lowest BCUT2D eigenvalue weighted by atomic mass is 10.1. The molecule has 0 aliphatic carbocycles. The van der Waals surface area contributed by atoms with Crippen LogP contribution in [0.25, 0.3) is 5.69 Å². The van der Waals surface area contributed by atoms with E-state index in [2.05, 4.69) is 31.8 Å². The molecule has 1 aliphatic rings. The zero-order chi connectivity index (χ0) is 21.6. The third-order valence-electron chi connectivity index (χ3n) is 5.57. The van der Waals surface area contributed by atoms with Crippen molar-refractivity contribution in [3.63, 3.8) is 0 Å². The van der Waals surface area contributed by atoms with E-state index in [4.69, 9.17) is 4.74 Å². The molecule has 1 fully saturated rings. The van der Waals surface area contributed by atoms with Gasteiger partial charge in [0.05, 0.1) is 13.7 Å². The number of carbonyl (C=O) groups excluding carboxylic acids is 1. The summed E-state index contributed by atoms with van der Waals surface area (Å²) in [5, 5.41) is 9.92. The number of nitrogens with zero attached hydrogens (tertiary/aromatic N) is 4. The molecule has 7 heteroatoms. The van der Waals surface area contributed by atoms with Gasteiger partial charge in [-0.2, -0.15) is 0 Å². The van der Waals surface area contributed by atoms with Crippen LogP contribution in [-0.2, 0) is 12.3 Å². The quantitative estimate of drug-likeness (QED) is 0.375. The van der Waals surface area contributed by atoms with Gasteiger partial charge in [0.2, 0.25) is 0 Å². The van der Waals surface area contributed by atoms with E-state index in [0.717, 1.165) is 47.6 Å². The largest absolute Gasteiger partial charge is 0.496 e. The minimum absolute atomic E-state index is 0.0465. The molecule has 0 N–H and O–H groups in total. The number of para-hydroxylation sites is 1. The van der Waals surface area contributed by atoms with E-state index in [9.17, 15) is 4.79 Å². The number of piperidine rings is 1. The number of hydrogen-bond donors (Lipinski definition) is 0. The molecule has 0 amide bonds. The van der Waals surface area contributed by atoms with Gasteiger partial charge in [0, 0.05) is 22.6 Å². The molecule has 2 aromatic carbocycles. The molecule has 0 atom stereocenters. The van der Waals surface area contributed by atoms with Gasteiger partial charge >= 0.3 is 0 Å². The topological polar surface area (TPSA) is 60.2 Å². The average Bonchev–Trinajstić information content (AvgIpc) is 3.20. The van der Waals surface area contributed by atoms with Crippen LogP contribution in [0.3, 0.4) is 0 Å². The van der Waals surface area contributed by atoms with Crippen molar-refractivity contribution < 1.29 is 9.53 Å². The second kappa shape index (κ2) is 10.1. The number of ketones is 1. The number of thioether (sulfide) groups is 1. The highest BCUT2D eigenvalue weighted by molar-refractivity contribution is 7.98. The van der Waals surface area contributed by atoms with Crippen molar-refractivity contribution in [3.05, 3.63) is 65.5 Å². The Balaban J connectivity index is 1.61. The number of Topliss-reactive ketones (excluding diaryl/α,β-unsaturated/α-hetero) is 1. The minimum Gasteiger partial charge on any atom is -0.496 e. The van der Waals surface area contributed by atoms with Gasteiger partial charge in [-0.15, -0.1) is 10.2 Å². The van der Waals surface area contributed by atoms with Crippen LogP contribution in [0.4, 0.5) is 0 Å². The van der Waals surface area contributed by atoms with Gasteiger partial charge in [-0.05, 0) is 63.2 Å². The normalized spacial score (nSPS) is 14.5. The zero-order valence-electron chi connectivity index (χ0n) is 18.1. The fourth-order valence-electron chi connectivity index (χ4n) is 3.90. The lowest BCUT2D eigenvalue weighted by Crippen LogP contribution is -2.30. The van der Waals surface area contributed by atoms with Crippen LogP contribution in [0, 0.1) is 0 Å². The van der Waals surface area contributed by atoms with E-state index in [1.165, 1.54) is 19.3 Å². The van der Waals surface area contributed by atoms with Crippen molar-refractivity contribution in [1.29, 1.82) is 0 Å². The van der Waals surface area contributed by atoms with Gasteiger partial charge in [-0.25, -0.2) is 0 Å². The molecule has 1 aromatic heterocycles. The molecule has 1 aliphatic heterocycles. The molecular weight excluding hydrogens is 408 g/mol. The van der Waals surface area contributed by atoms with Gasteiger partial charge in [-0.1, -0.05) is 36.4 Å². The summed E-state index contributed by atoms with van der Waals surface area (Å²) in [6, 6.07) is 15.8. The maximum atomic E-state index is 11.8. The summed E-state index contributed by atoms with van der Waals surface area (Å²) in [6.07, 6.45) is 3.80. The van der Waals surface area contributed by atoms with Crippen LogP contribution in [0.15, 0.2) is 53.7 Å². The molecule has 0 spiro atoms. The molecule has 4 rings (SSSR count). The van der Waals surface area contributed by atoms with Crippen LogP contribution in [-0.4, -0.2) is 45.6 Å². The van der Waals surface area contributed by atoms with Crippen LogP contribution in [0.1, 0.15) is 47.9 Å².